The monoisotopic (exact) mass is 356 g/mol. The number of fused-ring (bicyclic) bond motifs is 3. The summed E-state index contributed by atoms with van der Waals surface area (Å²) in [5, 5.41) is 6.29. The maximum atomic E-state index is 13.4. The summed E-state index contributed by atoms with van der Waals surface area (Å²) in [6.07, 6.45) is 7.89. The van der Waals surface area contributed by atoms with Crippen molar-refractivity contribution in [2.24, 2.45) is 11.3 Å². The average molecular weight is 356 g/mol. The van der Waals surface area contributed by atoms with Gasteiger partial charge in [0.25, 0.3) is 0 Å². The molecule has 5 rings (SSSR count). The van der Waals surface area contributed by atoms with E-state index < -0.39 is 0 Å². The van der Waals surface area contributed by atoms with Crippen LogP contribution < -0.4 is 10.6 Å². The molecule has 0 radical (unpaired) electrons. The smallest absolute Gasteiger partial charge is 0.228 e. The highest BCUT2D eigenvalue weighted by atomic mass is 19.1. The minimum absolute atomic E-state index is 0.00843. The van der Waals surface area contributed by atoms with Crippen molar-refractivity contribution in [3.63, 3.8) is 0 Å². The van der Waals surface area contributed by atoms with Gasteiger partial charge in [-0.1, -0.05) is 6.07 Å². The minimum atomic E-state index is -0.284. The van der Waals surface area contributed by atoms with E-state index in [0.717, 1.165) is 49.1 Å². The van der Waals surface area contributed by atoms with Gasteiger partial charge in [0.2, 0.25) is 11.8 Å². The molecular weight excluding hydrogens is 331 g/mol. The fraction of sp³-hybridized carbons (Fsp3) is 0.619. The standard InChI is InChI=1S/C21H25FN2O2/c22-14-2-1-13-7-18(17(13)8-14)19(25)23-15-9-16(10-15)24-20(26)21-5-3-12(11-21)4-6-21/h1-2,8,12,15-16,18H,3-7,9-11H2,(H,23,25)(H,24,26). The van der Waals surface area contributed by atoms with Crippen molar-refractivity contribution in [3.8, 4) is 0 Å². The number of hydrogen-bond donors (Lipinski definition) is 2. The predicted molar refractivity (Wildman–Crippen MR) is 94.9 cm³/mol. The van der Waals surface area contributed by atoms with Gasteiger partial charge in [0.15, 0.2) is 0 Å². The Morgan fingerprint density at radius 2 is 1.81 bits per heavy atom. The summed E-state index contributed by atoms with van der Waals surface area (Å²) in [7, 11) is 0. The molecule has 0 aromatic heterocycles. The number of amides is 2. The molecule has 0 saturated heterocycles. The molecule has 3 saturated carbocycles. The van der Waals surface area contributed by atoms with E-state index in [1.165, 1.54) is 25.0 Å². The van der Waals surface area contributed by atoms with E-state index in [2.05, 4.69) is 10.6 Å². The summed E-state index contributed by atoms with van der Waals surface area (Å²) in [4.78, 5) is 25.1. The van der Waals surface area contributed by atoms with Crippen molar-refractivity contribution in [2.45, 2.75) is 69.4 Å². The summed E-state index contributed by atoms with van der Waals surface area (Å²) >= 11 is 0. The number of nitrogens with one attached hydrogen (secondary N) is 2. The van der Waals surface area contributed by atoms with Crippen LogP contribution in [0.3, 0.4) is 0 Å². The Kier molecular flexibility index (Phi) is 3.63. The van der Waals surface area contributed by atoms with Gasteiger partial charge in [-0.05, 0) is 80.5 Å². The molecule has 2 bridgehead atoms. The highest BCUT2D eigenvalue weighted by molar-refractivity contribution is 5.87. The largest absolute Gasteiger partial charge is 0.353 e. The molecule has 1 unspecified atom stereocenters. The van der Waals surface area contributed by atoms with E-state index >= 15 is 0 Å². The van der Waals surface area contributed by atoms with Gasteiger partial charge in [-0.3, -0.25) is 9.59 Å². The first kappa shape index (κ1) is 16.3. The SMILES string of the molecule is O=C(NC1CC(NC(=O)C23CCC(CC2)C3)C1)C1Cc2ccc(F)cc21. The summed E-state index contributed by atoms with van der Waals surface area (Å²) < 4.78 is 13.4. The highest BCUT2D eigenvalue weighted by Crippen LogP contribution is 2.54. The van der Waals surface area contributed by atoms with E-state index in [9.17, 15) is 14.0 Å². The highest BCUT2D eigenvalue weighted by Gasteiger charge is 2.50. The third-order valence-corrected chi connectivity index (χ3v) is 7.27. The van der Waals surface area contributed by atoms with E-state index in [0.29, 0.717) is 6.42 Å². The minimum Gasteiger partial charge on any atom is -0.353 e. The summed E-state index contributed by atoms with van der Waals surface area (Å²) in [5.41, 5.74) is 1.80. The molecular formula is C21H25FN2O2. The van der Waals surface area contributed by atoms with Crippen LogP contribution in [0.2, 0.25) is 0 Å². The van der Waals surface area contributed by atoms with Crippen LogP contribution in [0.15, 0.2) is 18.2 Å². The average Bonchev–Trinajstić information content (AvgIpc) is 3.18. The van der Waals surface area contributed by atoms with Crippen molar-refractivity contribution in [2.75, 3.05) is 0 Å². The fourth-order valence-corrected chi connectivity index (χ4v) is 5.51. The van der Waals surface area contributed by atoms with Gasteiger partial charge in [-0.15, -0.1) is 0 Å². The van der Waals surface area contributed by atoms with Crippen molar-refractivity contribution in [1.82, 2.24) is 10.6 Å². The number of hydrogen-bond acceptors (Lipinski definition) is 2. The number of halogens is 1. The van der Waals surface area contributed by atoms with Crippen molar-refractivity contribution in [3.05, 3.63) is 35.1 Å². The molecule has 5 heteroatoms. The Bertz CT molecular complexity index is 763. The van der Waals surface area contributed by atoms with Crippen LogP contribution in [0.25, 0.3) is 0 Å². The molecule has 0 aliphatic heterocycles. The van der Waals surface area contributed by atoms with E-state index in [-0.39, 0.29) is 41.0 Å². The topological polar surface area (TPSA) is 58.2 Å². The van der Waals surface area contributed by atoms with Crippen LogP contribution >= 0.6 is 0 Å². The van der Waals surface area contributed by atoms with Crippen LogP contribution in [-0.2, 0) is 16.0 Å². The molecule has 0 spiro atoms. The summed E-state index contributed by atoms with van der Waals surface area (Å²) in [6.45, 7) is 0. The van der Waals surface area contributed by atoms with Gasteiger partial charge in [0.1, 0.15) is 5.82 Å². The molecule has 1 atom stereocenters. The Morgan fingerprint density at radius 1 is 1.08 bits per heavy atom. The van der Waals surface area contributed by atoms with Crippen LogP contribution in [-0.4, -0.2) is 23.9 Å². The first-order valence-electron chi connectivity index (χ1n) is 9.92. The first-order valence-corrected chi connectivity index (χ1v) is 9.92. The number of carbonyl (C=O) groups excluding carboxylic acids is 2. The molecule has 1 aromatic rings. The zero-order valence-corrected chi connectivity index (χ0v) is 14.9. The van der Waals surface area contributed by atoms with Crippen LogP contribution in [0.4, 0.5) is 4.39 Å². The third-order valence-electron chi connectivity index (χ3n) is 7.27. The molecule has 4 aliphatic rings. The van der Waals surface area contributed by atoms with Crippen molar-refractivity contribution >= 4 is 11.8 Å². The second-order valence-corrected chi connectivity index (χ2v) is 8.87. The normalized spacial score (nSPS) is 36.7. The van der Waals surface area contributed by atoms with Crippen LogP contribution in [0.1, 0.15) is 62.0 Å². The van der Waals surface area contributed by atoms with E-state index in [4.69, 9.17) is 0 Å². The maximum Gasteiger partial charge on any atom is 0.228 e. The number of benzene rings is 1. The maximum absolute atomic E-state index is 13.4. The number of carbonyl (C=O) groups is 2. The van der Waals surface area contributed by atoms with E-state index in [1.807, 2.05) is 0 Å². The molecule has 0 heterocycles. The molecule has 3 fully saturated rings. The zero-order chi connectivity index (χ0) is 17.9. The number of rotatable bonds is 4. The summed E-state index contributed by atoms with van der Waals surface area (Å²) in [6, 6.07) is 5.00. The van der Waals surface area contributed by atoms with Crippen LogP contribution in [0, 0.1) is 17.2 Å². The lowest BCUT2D eigenvalue weighted by Gasteiger charge is -2.40. The van der Waals surface area contributed by atoms with Gasteiger partial charge >= 0.3 is 0 Å². The Balaban J connectivity index is 1.10. The first-order chi connectivity index (χ1) is 12.5. The molecule has 4 nitrogen and oxygen atoms in total. The lowest BCUT2D eigenvalue weighted by Crippen LogP contribution is -2.56. The second-order valence-electron chi connectivity index (χ2n) is 8.87. The molecule has 4 aliphatic carbocycles. The van der Waals surface area contributed by atoms with Crippen LogP contribution in [0.5, 0.6) is 0 Å². The van der Waals surface area contributed by atoms with E-state index in [1.54, 1.807) is 6.07 Å². The third kappa shape index (κ3) is 2.55. The van der Waals surface area contributed by atoms with Gasteiger partial charge in [-0.25, -0.2) is 4.39 Å². The van der Waals surface area contributed by atoms with Crippen molar-refractivity contribution in [1.29, 1.82) is 0 Å². The Morgan fingerprint density at radius 3 is 2.50 bits per heavy atom. The molecule has 2 N–H and O–H groups in total. The van der Waals surface area contributed by atoms with Gasteiger partial charge < -0.3 is 10.6 Å². The van der Waals surface area contributed by atoms with Gasteiger partial charge in [0, 0.05) is 17.5 Å². The second kappa shape index (κ2) is 5.80. The Hall–Kier alpha value is -1.91. The Labute approximate surface area is 152 Å². The molecule has 2 amide bonds. The zero-order valence-electron chi connectivity index (χ0n) is 14.9. The molecule has 26 heavy (non-hydrogen) atoms. The van der Waals surface area contributed by atoms with Gasteiger partial charge in [-0.2, -0.15) is 0 Å². The predicted octanol–water partition coefficient (Wildman–Crippen LogP) is 2.81. The molecule has 1 aromatic carbocycles. The van der Waals surface area contributed by atoms with Gasteiger partial charge in [0.05, 0.1) is 5.92 Å². The lowest BCUT2D eigenvalue weighted by atomic mass is 9.76. The summed E-state index contributed by atoms with van der Waals surface area (Å²) in [5.74, 6) is 0.501. The quantitative estimate of drug-likeness (QED) is 0.872. The fourth-order valence-electron chi connectivity index (χ4n) is 5.51. The van der Waals surface area contributed by atoms with Crippen molar-refractivity contribution < 1.29 is 14.0 Å². The lowest BCUT2D eigenvalue weighted by molar-refractivity contribution is -0.132. The molecule has 138 valence electrons.